The van der Waals surface area contributed by atoms with Crippen molar-refractivity contribution in [3.8, 4) is 17.0 Å². The highest BCUT2D eigenvalue weighted by Crippen LogP contribution is 2.43. The van der Waals surface area contributed by atoms with Gasteiger partial charge in [-0.05, 0) is 38.1 Å². The molecule has 0 aliphatic carbocycles. The number of hydrogen-bond donors (Lipinski definition) is 3. The van der Waals surface area contributed by atoms with Crippen LogP contribution in [0.2, 0.25) is 0 Å². The van der Waals surface area contributed by atoms with Crippen LogP contribution in [0.3, 0.4) is 0 Å². The van der Waals surface area contributed by atoms with Crippen LogP contribution in [0.1, 0.15) is 36.3 Å². The van der Waals surface area contributed by atoms with E-state index in [-0.39, 0.29) is 28.5 Å². The van der Waals surface area contributed by atoms with Crippen molar-refractivity contribution in [3.63, 3.8) is 0 Å². The molecule has 3 heterocycles. The number of carbonyl (C=O) groups is 1. The van der Waals surface area contributed by atoms with Gasteiger partial charge in [-0.3, -0.25) is 24.5 Å². The minimum absolute atomic E-state index is 0.00547. The third-order valence-corrected chi connectivity index (χ3v) is 5.96. The maximum Gasteiger partial charge on any atom is 0.270 e. The number of thioether (sulfide) groups is 1. The molecule has 4 rings (SSSR count). The molecule has 0 fully saturated rings. The number of methoxy groups -OCH3 is 1. The molecule has 1 aromatic carbocycles. The molecule has 1 atom stereocenters. The second-order valence-corrected chi connectivity index (χ2v) is 7.93. The molecule has 0 saturated carbocycles. The van der Waals surface area contributed by atoms with Crippen molar-refractivity contribution in [1.29, 1.82) is 0 Å². The molecule has 0 unspecified atom stereocenters. The van der Waals surface area contributed by atoms with Crippen molar-refractivity contribution in [2.75, 3.05) is 18.2 Å². The van der Waals surface area contributed by atoms with Gasteiger partial charge in [0.25, 0.3) is 5.56 Å². The number of aromatic nitrogens is 4. The SMILES string of the molecule is COc1ccc(-c2[nH]ncc2[C@@H]2SCC(=O)Nc3c2c(=O)[nH]n3C(C)C)cc1. The van der Waals surface area contributed by atoms with Crippen molar-refractivity contribution in [1.82, 2.24) is 20.0 Å². The topological polar surface area (TPSA) is 105 Å². The van der Waals surface area contributed by atoms with Crippen LogP contribution in [-0.2, 0) is 4.79 Å². The maximum atomic E-state index is 12.8. The zero-order valence-corrected chi connectivity index (χ0v) is 16.6. The number of nitrogens with one attached hydrogen (secondary N) is 3. The van der Waals surface area contributed by atoms with Gasteiger partial charge in [-0.25, -0.2) is 0 Å². The van der Waals surface area contributed by atoms with E-state index in [1.807, 2.05) is 38.1 Å². The third kappa shape index (κ3) is 3.11. The summed E-state index contributed by atoms with van der Waals surface area (Å²) in [5.74, 6) is 1.42. The molecule has 1 aliphatic rings. The quantitative estimate of drug-likeness (QED) is 0.626. The molecular weight excluding hydrogens is 378 g/mol. The molecule has 28 heavy (non-hydrogen) atoms. The van der Waals surface area contributed by atoms with E-state index in [4.69, 9.17) is 4.74 Å². The lowest BCUT2D eigenvalue weighted by molar-refractivity contribution is -0.113. The van der Waals surface area contributed by atoms with E-state index in [9.17, 15) is 9.59 Å². The number of hydrogen-bond acceptors (Lipinski definition) is 5. The van der Waals surface area contributed by atoms with Crippen LogP contribution in [0.25, 0.3) is 11.3 Å². The Morgan fingerprint density at radius 3 is 2.68 bits per heavy atom. The molecule has 146 valence electrons. The lowest BCUT2D eigenvalue weighted by Gasteiger charge is -2.15. The Morgan fingerprint density at radius 1 is 1.25 bits per heavy atom. The molecular formula is C19H21N5O3S. The summed E-state index contributed by atoms with van der Waals surface area (Å²) in [5.41, 5.74) is 2.95. The van der Waals surface area contributed by atoms with Gasteiger partial charge in [-0.15, -0.1) is 11.8 Å². The Kier molecular flexibility index (Phi) is 4.76. The molecule has 1 amide bonds. The molecule has 0 bridgehead atoms. The Labute approximate surface area is 165 Å². The average molecular weight is 399 g/mol. The van der Waals surface area contributed by atoms with Crippen molar-refractivity contribution in [2.45, 2.75) is 25.1 Å². The van der Waals surface area contributed by atoms with Crippen LogP contribution in [0.15, 0.2) is 35.3 Å². The predicted octanol–water partition coefficient (Wildman–Crippen LogP) is 2.93. The van der Waals surface area contributed by atoms with E-state index >= 15 is 0 Å². The largest absolute Gasteiger partial charge is 0.497 e. The molecule has 1 aliphatic heterocycles. The molecule has 3 aromatic rings. The minimum atomic E-state index is -0.325. The molecule has 3 N–H and O–H groups in total. The Hall–Kier alpha value is -2.94. The summed E-state index contributed by atoms with van der Waals surface area (Å²) in [7, 11) is 1.62. The van der Waals surface area contributed by atoms with Gasteiger partial charge in [0.2, 0.25) is 5.91 Å². The first-order chi connectivity index (χ1) is 13.5. The van der Waals surface area contributed by atoms with Crippen LogP contribution in [-0.4, -0.2) is 38.7 Å². The van der Waals surface area contributed by atoms with Gasteiger partial charge in [0.05, 0.1) is 35.6 Å². The first kappa shape index (κ1) is 18.4. The zero-order chi connectivity index (χ0) is 19.8. The summed E-state index contributed by atoms with van der Waals surface area (Å²) in [6, 6.07) is 7.62. The van der Waals surface area contributed by atoms with Gasteiger partial charge in [0.15, 0.2) is 0 Å². The summed E-state index contributed by atoms with van der Waals surface area (Å²) >= 11 is 1.42. The molecule has 0 saturated heterocycles. The number of rotatable bonds is 4. The number of H-pyrrole nitrogens is 2. The molecule has 0 radical (unpaired) electrons. The highest BCUT2D eigenvalue weighted by atomic mass is 32.2. The Morgan fingerprint density at radius 2 is 2.00 bits per heavy atom. The molecule has 0 spiro atoms. The summed E-state index contributed by atoms with van der Waals surface area (Å²) in [5, 5.41) is 12.7. The molecule has 9 heteroatoms. The van der Waals surface area contributed by atoms with Gasteiger partial charge in [0.1, 0.15) is 11.6 Å². The first-order valence-corrected chi connectivity index (χ1v) is 9.98. The highest BCUT2D eigenvalue weighted by molar-refractivity contribution is 8.00. The van der Waals surface area contributed by atoms with E-state index < -0.39 is 0 Å². The van der Waals surface area contributed by atoms with Crippen LogP contribution in [0, 0.1) is 0 Å². The van der Waals surface area contributed by atoms with Crippen molar-refractivity contribution >= 4 is 23.5 Å². The Balaban J connectivity index is 1.84. The fraction of sp³-hybridized carbons (Fsp3) is 0.316. The number of anilines is 1. The standard InChI is InChI=1S/C19H21N5O3S/c1-10(2)24-18-15(19(26)23-24)17(28-9-14(25)21-18)13-8-20-22-16(13)11-4-6-12(27-3)7-5-11/h4-8,10,17H,9H2,1-3H3,(H,20,22)(H,21,25)(H,23,26)/t17-/m0/s1. The highest BCUT2D eigenvalue weighted by Gasteiger charge is 2.33. The lowest BCUT2D eigenvalue weighted by Crippen LogP contribution is -2.17. The monoisotopic (exact) mass is 399 g/mol. The summed E-state index contributed by atoms with van der Waals surface area (Å²) in [6.07, 6.45) is 1.73. The third-order valence-electron chi connectivity index (χ3n) is 4.71. The zero-order valence-electron chi connectivity index (χ0n) is 15.8. The van der Waals surface area contributed by atoms with Gasteiger partial charge in [-0.1, -0.05) is 0 Å². The van der Waals surface area contributed by atoms with Gasteiger partial charge in [-0.2, -0.15) is 5.10 Å². The first-order valence-electron chi connectivity index (χ1n) is 8.93. The van der Waals surface area contributed by atoms with Crippen molar-refractivity contribution in [2.24, 2.45) is 0 Å². The fourth-order valence-electron chi connectivity index (χ4n) is 3.36. The van der Waals surface area contributed by atoms with Gasteiger partial charge in [0, 0.05) is 17.2 Å². The lowest BCUT2D eigenvalue weighted by atomic mass is 10.0. The smallest absolute Gasteiger partial charge is 0.270 e. The number of ether oxygens (including phenoxy) is 1. The van der Waals surface area contributed by atoms with Crippen LogP contribution >= 0.6 is 11.8 Å². The van der Waals surface area contributed by atoms with E-state index in [2.05, 4.69) is 20.6 Å². The van der Waals surface area contributed by atoms with Crippen LogP contribution in [0.4, 0.5) is 5.82 Å². The van der Waals surface area contributed by atoms with Crippen LogP contribution < -0.4 is 15.6 Å². The second kappa shape index (κ2) is 7.23. The summed E-state index contributed by atoms with van der Waals surface area (Å²) in [6.45, 7) is 3.91. The molecule has 8 nitrogen and oxygen atoms in total. The number of nitrogens with zero attached hydrogens (tertiary/aromatic N) is 2. The minimum Gasteiger partial charge on any atom is -0.497 e. The second-order valence-electron chi connectivity index (χ2n) is 6.84. The number of carbonyl (C=O) groups excluding carboxylic acids is 1. The van der Waals surface area contributed by atoms with Crippen molar-refractivity contribution in [3.05, 3.63) is 51.9 Å². The fourth-order valence-corrected chi connectivity index (χ4v) is 4.49. The number of benzene rings is 1. The number of aromatic amines is 2. The normalized spacial score (nSPS) is 16.6. The summed E-state index contributed by atoms with van der Waals surface area (Å²) < 4.78 is 6.93. The maximum absolute atomic E-state index is 12.8. The Bertz CT molecular complexity index is 1060. The predicted molar refractivity (Wildman–Crippen MR) is 109 cm³/mol. The average Bonchev–Trinajstić information content (AvgIpc) is 3.24. The van der Waals surface area contributed by atoms with E-state index in [0.717, 1.165) is 22.6 Å². The number of fused-ring (bicyclic) bond motifs is 1. The van der Waals surface area contributed by atoms with E-state index in [0.29, 0.717) is 11.4 Å². The van der Waals surface area contributed by atoms with Crippen LogP contribution in [0.5, 0.6) is 5.75 Å². The van der Waals surface area contributed by atoms with Gasteiger partial charge < -0.3 is 10.1 Å². The van der Waals surface area contributed by atoms with Gasteiger partial charge >= 0.3 is 0 Å². The van der Waals surface area contributed by atoms with E-state index in [1.54, 1.807) is 18.0 Å². The molecule has 2 aromatic heterocycles. The summed E-state index contributed by atoms with van der Waals surface area (Å²) in [4.78, 5) is 25.1. The number of amides is 1. The van der Waals surface area contributed by atoms with E-state index in [1.165, 1.54) is 11.8 Å². The van der Waals surface area contributed by atoms with Crippen molar-refractivity contribution < 1.29 is 9.53 Å².